The predicted molar refractivity (Wildman–Crippen MR) is 42.8 cm³/mol. The van der Waals surface area contributed by atoms with Crippen molar-refractivity contribution < 1.29 is 24.2 Å². The third-order valence-corrected chi connectivity index (χ3v) is 1.23. The monoisotopic (exact) mass is 186 g/mol. The minimum atomic E-state index is -1.20. The second-order valence-electron chi connectivity index (χ2n) is 2.29. The van der Waals surface area contributed by atoms with Crippen LogP contribution in [-0.4, -0.2) is 22.8 Å². The number of carboxylic acids is 1. The Hall–Kier alpha value is -1.65. The van der Waals surface area contributed by atoms with E-state index in [1.54, 1.807) is 0 Å². The van der Waals surface area contributed by atoms with Gasteiger partial charge in [-0.3, -0.25) is 4.79 Å². The van der Waals surface area contributed by atoms with Crippen LogP contribution in [0.4, 0.5) is 0 Å². The van der Waals surface area contributed by atoms with E-state index < -0.39 is 17.7 Å². The molecule has 0 aliphatic heterocycles. The number of rotatable bonds is 4. The minimum Gasteiger partial charge on any atom is -0.478 e. The highest BCUT2D eigenvalue weighted by atomic mass is 16.5. The molecule has 0 rings (SSSR count). The van der Waals surface area contributed by atoms with E-state index >= 15 is 0 Å². The van der Waals surface area contributed by atoms with Crippen LogP contribution in [0.5, 0.6) is 0 Å². The van der Waals surface area contributed by atoms with Gasteiger partial charge in [-0.2, -0.15) is 0 Å². The number of hydrogen-bond donors (Lipinski definition) is 1. The maximum Gasteiger partial charge on any atom is 0.379 e. The molecule has 0 aromatic carbocycles. The predicted octanol–water partition coefficient (Wildman–Crippen LogP) is 0.497. The van der Waals surface area contributed by atoms with Gasteiger partial charge in [-0.05, 0) is 6.92 Å². The van der Waals surface area contributed by atoms with Crippen LogP contribution in [0, 0.1) is 0 Å². The van der Waals surface area contributed by atoms with Crippen molar-refractivity contribution in [1.29, 1.82) is 0 Å². The van der Waals surface area contributed by atoms with Crippen LogP contribution in [-0.2, 0) is 19.1 Å². The SMILES string of the molecule is CCC(=O)C(=O)OC=C(C)C(=O)O. The van der Waals surface area contributed by atoms with Crippen molar-refractivity contribution in [3.05, 3.63) is 11.8 Å². The molecule has 0 aromatic heterocycles. The average Bonchev–Trinajstić information content (AvgIpc) is 2.11. The highest BCUT2D eigenvalue weighted by molar-refractivity contribution is 6.33. The van der Waals surface area contributed by atoms with Crippen molar-refractivity contribution in [2.24, 2.45) is 0 Å². The van der Waals surface area contributed by atoms with E-state index in [-0.39, 0.29) is 12.0 Å². The second-order valence-corrected chi connectivity index (χ2v) is 2.29. The standard InChI is InChI=1S/C8H10O5/c1-3-6(9)8(12)13-4-5(2)7(10)11/h4H,3H2,1-2H3,(H,10,11). The van der Waals surface area contributed by atoms with Crippen molar-refractivity contribution in [2.45, 2.75) is 20.3 Å². The molecule has 0 atom stereocenters. The molecule has 72 valence electrons. The maximum absolute atomic E-state index is 10.7. The largest absolute Gasteiger partial charge is 0.478 e. The lowest BCUT2D eigenvalue weighted by Gasteiger charge is -1.96. The van der Waals surface area contributed by atoms with Crippen molar-refractivity contribution >= 4 is 17.7 Å². The van der Waals surface area contributed by atoms with Gasteiger partial charge in [0.2, 0.25) is 5.78 Å². The summed E-state index contributed by atoms with van der Waals surface area (Å²) in [5.41, 5.74) is -0.141. The van der Waals surface area contributed by atoms with E-state index in [1.807, 2.05) is 0 Å². The molecule has 0 heterocycles. The quantitative estimate of drug-likeness (QED) is 0.299. The van der Waals surface area contributed by atoms with Crippen molar-refractivity contribution in [1.82, 2.24) is 0 Å². The lowest BCUT2D eigenvalue weighted by Crippen LogP contribution is -2.14. The van der Waals surface area contributed by atoms with Crippen molar-refractivity contribution in [2.75, 3.05) is 0 Å². The molecular weight excluding hydrogens is 176 g/mol. The Morgan fingerprint density at radius 2 is 1.92 bits per heavy atom. The Morgan fingerprint density at radius 3 is 2.31 bits per heavy atom. The molecule has 0 fully saturated rings. The Bertz CT molecular complexity index is 264. The molecule has 0 bridgehead atoms. The third-order valence-electron chi connectivity index (χ3n) is 1.23. The topological polar surface area (TPSA) is 80.7 Å². The van der Waals surface area contributed by atoms with E-state index in [4.69, 9.17) is 5.11 Å². The van der Waals surface area contributed by atoms with Gasteiger partial charge in [0.15, 0.2) is 0 Å². The Morgan fingerprint density at radius 1 is 1.38 bits per heavy atom. The third kappa shape index (κ3) is 4.05. The van der Waals surface area contributed by atoms with Crippen LogP contribution in [0.15, 0.2) is 11.8 Å². The number of Topliss-reactive ketones (excluding diaryl/α,β-unsaturated/α-hetero) is 1. The van der Waals surface area contributed by atoms with E-state index in [2.05, 4.69) is 4.74 Å². The van der Waals surface area contributed by atoms with Crippen LogP contribution in [0.3, 0.4) is 0 Å². The van der Waals surface area contributed by atoms with Crippen LogP contribution < -0.4 is 0 Å². The summed E-state index contributed by atoms with van der Waals surface area (Å²) >= 11 is 0. The van der Waals surface area contributed by atoms with Crippen LogP contribution in [0.25, 0.3) is 0 Å². The van der Waals surface area contributed by atoms with Gasteiger partial charge < -0.3 is 9.84 Å². The fourth-order valence-corrected chi connectivity index (χ4v) is 0.402. The van der Waals surface area contributed by atoms with E-state index in [1.165, 1.54) is 13.8 Å². The summed E-state index contributed by atoms with van der Waals surface area (Å²) in [7, 11) is 0. The van der Waals surface area contributed by atoms with Crippen molar-refractivity contribution in [3.63, 3.8) is 0 Å². The van der Waals surface area contributed by atoms with Gasteiger partial charge in [0.1, 0.15) is 6.26 Å². The van der Waals surface area contributed by atoms with Gasteiger partial charge in [0.05, 0.1) is 5.57 Å². The number of hydrogen-bond acceptors (Lipinski definition) is 4. The highest BCUT2D eigenvalue weighted by Gasteiger charge is 2.12. The summed E-state index contributed by atoms with van der Waals surface area (Å²) in [4.78, 5) is 31.5. The minimum absolute atomic E-state index is 0.0405. The van der Waals surface area contributed by atoms with Gasteiger partial charge in [-0.25, -0.2) is 9.59 Å². The fraction of sp³-hybridized carbons (Fsp3) is 0.375. The number of carboxylic acid groups (broad SMARTS) is 1. The number of aliphatic carboxylic acids is 1. The van der Waals surface area contributed by atoms with Gasteiger partial charge in [0.25, 0.3) is 0 Å². The van der Waals surface area contributed by atoms with Crippen LogP contribution >= 0.6 is 0 Å². The van der Waals surface area contributed by atoms with E-state index in [9.17, 15) is 14.4 Å². The lowest BCUT2D eigenvalue weighted by molar-refractivity contribution is -0.149. The molecule has 0 saturated heterocycles. The normalized spacial score (nSPS) is 10.8. The fourth-order valence-electron chi connectivity index (χ4n) is 0.402. The molecule has 0 saturated carbocycles. The molecule has 0 spiro atoms. The molecule has 0 radical (unpaired) electrons. The summed E-state index contributed by atoms with van der Waals surface area (Å²) in [6.07, 6.45) is 0.789. The highest BCUT2D eigenvalue weighted by Crippen LogP contribution is 1.94. The number of ether oxygens (including phenoxy) is 1. The molecule has 5 heteroatoms. The Balaban J connectivity index is 4.17. The number of carbonyl (C=O) groups excluding carboxylic acids is 2. The van der Waals surface area contributed by atoms with Gasteiger partial charge in [-0.15, -0.1) is 0 Å². The molecule has 0 aliphatic rings. The average molecular weight is 186 g/mol. The second kappa shape index (κ2) is 5.08. The Kier molecular flexibility index (Phi) is 4.43. The van der Waals surface area contributed by atoms with E-state index in [0.29, 0.717) is 0 Å². The molecule has 0 aliphatic carbocycles. The summed E-state index contributed by atoms with van der Waals surface area (Å²) in [6, 6.07) is 0. The Labute approximate surface area is 75.0 Å². The van der Waals surface area contributed by atoms with Gasteiger partial charge in [0, 0.05) is 6.42 Å². The first-order valence-electron chi connectivity index (χ1n) is 3.63. The van der Waals surface area contributed by atoms with Crippen molar-refractivity contribution in [3.8, 4) is 0 Å². The molecule has 5 nitrogen and oxygen atoms in total. The maximum atomic E-state index is 10.7. The zero-order chi connectivity index (χ0) is 10.4. The number of esters is 1. The molecule has 13 heavy (non-hydrogen) atoms. The molecule has 0 unspecified atom stereocenters. The van der Waals surface area contributed by atoms with Gasteiger partial charge >= 0.3 is 11.9 Å². The molecule has 0 amide bonds. The first-order chi connectivity index (χ1) is 5.99. The zero-order valence-electron chi connectivity index (χ0n) is 7.36. The molecule has 1 N–H and O–H groups in total. The zero-order valence-corrected chi connectivity index (χ0v) is 7.36. The molecular formula is C8H10O5. The summed E-state index contributed by atoms with van der Waals surface area (Å²) in [5, 5.41) is 8.35. The van der Waals surface area contributed by atoms with Gasteiger partial charge in [-0.1, -0.05) is 6.92 Å². The smallest absolute Gasteiger partial charge is 0.379 e. The summed E-state index contributed by atoms with van der Waals surface area (Å²) < 4.78 is 4.29. The first-order valence-corrected chi connectivity index (χ1v) is 3.63. The number of ketones is 1. The first kappa shape index (κ1) is 11.4. The summed E-state index contributed by atoms with van der Waals surface area (Å²) in [6.45, 7) is 2.77. The van der Waals surface area contributed by atoms with Crippen LogP contribution in [0.2, 0.25) is 0 Å². The lowest BCUT2D eigenvalue weighted by atomic mass is 10.3. The number of carbonyl (C=O) groups is 3. The van der Waals surface area contributed by atoms with E-state index in [0.717, 1.165) is 6.26 Å². The summed E-state index contributed by atoms with van der Waals surface area (Å²) in [5.74, 6) is -2.92. The van der Waals surface area contributed by atoms with Crippen LogP contribution in [0.1, 0.15) is 20.3 Å². The molecule has 0 aromatic rings.